The second kappa shape index (κ2) is 8.15. The van der Waals surface area contributed by atoms with Gasteiger partial charge in [0.2, 0.25) is 5.91 Å². The van der Waals surface area contributed by atoms with Gasteiger partial charge in [0.25, 0.3) is 5.91 Å². The van der Waals surface area contributed by atoms with Gasteiger partial charge in [-0.05, 0) is 49.7 Å². The Balaban J connectivity index is 1.90. The van der Waals surface area contributed by atoms with E-state index in [1.54, 1.807) is 19.1 Å². The molecule has 0 bridgehead atoms. The summed E-state index contributed by atoms with van der Waals surface area (Å²) in [6.45, 7) is 5.61. The summed E-state index contributed by atoms with van der Waals surface area (Å²) in [6.07, 6.45) is 0.425. The third kappa shape index (κ3) is 5.12. The van der Waals surface area contributed by atoms with Crippen LogP contribution >= 0.6 is 0 Å². The topological polar surface area (TPSA) is 67.4 Å². The fourth-order valence-corrected chi connectivity index (χ4v) is 2.10. The lowest BCUT2D eigenvalue weighted by molar-refractivity contribution is -0.118. The van der Waals surface area contributed by atoms with Gasteiger partial charge in [-0.2, -0.15) is 0 Å². The summed E-state index contributed by atoms with van der Waals surface area (Å²) in [5, 5.41) is 5.60. The first-order valence-electron chi connectivity index (χ1n) is 7.87. The summed E-state index contributed by atoms with van der Waals surface area (Å²) in [5.41, 5.74) is 3.43. The first-order valence-corrected chi connectivity index (χ1v) is 7.87. The Hall–Kier alpha value is -2.82. The van der Waals surface area contributed by atoms with Crippen LogP contribution in [0.15, 0.2) is 42.5 Å². The SMILES string of the molecule is CCC(=O)Nc1ccc(NC(=O)COc2ccc(C)cc2)cc1C. The predicted octanol–water partition coefficient (Wildman–Crippen LogP) is 3.67. The lowest BCUT2D eigenvalue weighted by Gasteiger charge is -2.11. The Labute approximate surface area is 142 Å². The van der Waals surface area contributed by atoms with Gasteiger partial charge < -0.3 is 15.4 Å². The van der Waals surface area contributed by atoms with Crippen LogP contribution in [0.4, 0.5) is 11.4 Å². The molecule has 5 heteroatoms. The molecule has 2 aromatic carbocycles. The molecule has 2 amide bonds. The largest absolute Gasteiger partial charge is 0.484 e. The van der Waals surface area contributed by atoms with Gasteiger partial charge in [-0.25, -0.2) is 0 Å². The summed E-state index contributed by atoms with van der Waals surface area (Å²) >= 11 is 0. The van der Waals surface area contributed by atoms with Crippen molar-refractivity contribution >= 4 is 23.2 Å². The average molecular weight is 326 g/mol. The van der Waals surface area contributed by atoms with E-state index < -0.39 is 0 Å². The van der Waals surface area contributed by atoms with E-state index >= 15 is 0 Å². The highest BCUT2D eigenvalue weighted by Gasteiger charge is 2.07. The summed E-state index contributed by atoms with van der Waals surface area (Å²) in [7, 11) is 0. The molecule has 0 saturated carbocycles. The average Bonchev–Trinajstić information content (AvgIpc) is 2.56. The van der Waals surface area contributed by atoms with Crippen LogP contribution in [-0.4, -0.2) is 18.4 Å². The molecule has 0 spiro atoms. The van der Waals surface area contributed by atoms with Crippen LogP contribution < -0.4 is 15.4 Å². The number of nitrogens with one attached hydrogen (secondary N) is 2. The van der Waals surface area contributed by atoms with E-state index in [2.05, 4.69) is 10.6 Å². The van der Waals surface area contributed by atoms with Crippen molar-refractivity contribution in [2.75, 3.05) is 17.2 Å². The standard InChI is InChI=1S/C19H22N2O3/c1-4-18(22)21-17-10-7-15(11-14(17)3)20-19(23)12-24-16-8-5-13(2)6-9-16/h5-11H,4,12H2,1-3H3,(H,20,23)(H,21,22). The van der Waals surface area contributed by atoms with Gasteiger partial charge in [-0.15, -0.1) is 0 Å². The molecule has 5 nitrogen and oxygen atoms in total. The number of aryl methyl sites for hydroxylation is 2. The first kappa shape index (κ1) is 17.5. The molecular weight excluding hydrogens is 304 g/mol. The van der Waals surface area contributed by atoms with Crippen LogP contribution in [-0.2, 0) is 9.59 Å². The Morgan fingerprint density at radius 2 is 1.67 bits per heavy atom. The van der Waals surface area contributed by atoms with E-state index in [4.69, 9.17) is 4.74 Å². The second-order valence-electron chi connectivity index (χ2n) is 5.58. The normalized spacial score (nSPS) is 10.1. The maximum atomic E-state index is 12.0. The minimum absolute atomic E-state index is 0.0404. The van der Waals surface area contributed by atoms with Crippen LogP contribution in [0.5, 0.6) is 5.75 Å². The van der Waals surface area contributed by atoms with Gasteiger partial charge in [0, 0.05) is 17.8 Å². The number of anilines is 2. The number of benzene rings is 2. The van der Waals surface area contributed by atoms with Crippen molar-refractivity contribution in [2.45, 2.75) is 27.2 Å². The number of amides is 2. The molecule has 0 aromatic heterocycles. The summed E-state index contributed by atoms with van der Waals surface area (Å²) < 4.78 is 5.45. The number of rotatable bonds is 6. The van der Waals surface area contributed by atoms with Crippen LogP contribution in [0, 0.1) is 13.8 Å². The molecule has 24 heavy (non-hydrogen) atoms. The molecule has 2 aromatic rings. The van der Waals surface area contributed by atoms with Crippen molar-refractivity contribution in [1.82, 2.24) is 0 Å². The van der Waals surface area contributed by atoms with Crippen molar-refractivity contribution < 1.29 is 14.3 Å². The predicted molar refractivity (Wildman–Crippen MR) is 95.4 cm³/mol. The monoisotopic (exact) mass is 326 g/mol. The van der Waals surface area contributed by atoms with E-state index in [1.807, 2.05) is 44.2 Å². The zero-order valence-electron chi connectivity index (χ0n) is 14.2. The van der Waals surface area contributed by atoms with Crippen molar-refractivity contribution in [2.24, 2.45) is 0 Å². The minimum atomic E-state index is -0.236. The molecule has 0 heterocycles. The van der Waals surface area contributed by atoms with Crippen LogP contribution in [0.1, 0.15) is 24.5 Å². The van der Waals surface area contributed by atoms with Crippen LogP contribution in [0.3, 0.4) is 0 Å². The molecule has 0 aliphatic carbocycles. The Bertz CT molecular complexity index is 724. The van der Waals surface area contributed by atoms with Gasteiger partial charge in [-0.1, -0.05) is 24.6 Å². The molecule has 0 aliphatic heterocycles. The maximum Gasteiger partial charge on any atom is 0.262 e. The van der Waals surface area contributed by atoms with Crippen molar-refractivity contribution in [3.63, 3.8) is 0 Å². The Morgan fingerprint density at radius 1 is 0.958 bits per heavy atom. The highest BCUT2D eigenvalue weighted by Crippen LogP contribution is 2.20. The van der Waals surface area contributed by atoms with E-state index in [-0.39, 0.29) is 18.4 Å². The molecule has 2 rings (SSSR count). The van der Waals surface area contributed by atoms with Gasteiger partial charge >= 0.3 is 0 Å². The smallest absolute Gasteiger partial charge is 0.262 e. The van der Waals surface area contributed by atoms with Crippen molar-refractivity contribution in [1.29, 1.82) is 0 Å². The van der Waals surface area contributed by atoms with Crippen molar-refractivity contribution in [3.8, 4) is 5.75 Å². The molecule has 0 atom stereocenters. The number of hydrogen-bond donors (Lipinski definition) is 2. The van der Waals surface area contributed by atoms with Gasteiger partial charge in [0.1, 0.15) is 5.75 Å². The number of ether oxygens (including phenoxy) is 1. The molecule has 0 unspecified atom stereocenters. The summed E-state index contributed by atoms with van der Waals surface area (Å²) in [5.74, 6) is 0.381. The van der Waals surface area contributed by atoms with Gasteiger partial charge in [0.05, 0.1) is 0 Å². The molecular formula is C19H22N2O3. The lowest BCUT2D eigenvalue weighted by Crippen LogP contribution is -2.20. The molecule has 2 N–H and O–H groups in total. The van der Waals surface area contributed by atoms with E-state index in [1.165, 1.54) is 0 Å². The second-order valence-corrected chi connectivity index (χ2v) is 5.58. The molecule has 0 saturated heterocycles. The van der Waals surface area contributed by atoms with Crippen molar-refractivity contribution in [3.05, 3.63) is 53.6 Å². The Kier molecular flexibility index (Phi) is 5.95. The first-order chi connectivity index (χ1) is 11.5. The third-order valence-corrected chi connectivity index (χ3v) is 3.50. The van der Waals surface area contributed by atoms with Crippen LogP contribution in [0.25, 0.3) is 0 Å². The highest BCUT2D eigenvalue weighted by molar-refractivity contribution is 5.94. The third-order valence-electron chi connectivity index (χ3n) is 3.50. The summed E-state index contributed by atoms with van der Waals surface area (Å²) in [6, 6.07) is 12.9. The van der Waals surface area contributed by atoms with Gasteiger partial charge in [0.15, 0.2) is 6.61 Å². The van der Waals surface area contributed by atoms with Gasteiger partial charge in [-0.3, -0.25) is 9.59 Å². The summed E-state index contributed by atoms with van der Waals surface area (Å²) in [4.78, 5) is 23.4. The van der Waals surface area contributed by atoms with E-state index in [0.717, 1.165) is 16.8 Å². The van der Waals surface area contributed by atoms with E-state index in [0.29, 0.717) is 17.9 Å². The Morgan fingerprint density at radius 3 is 2.29 bits per heavy atom. The molecule has 0 fully saturated rings. The number of carbonyl (C=O) groups is 2. The quantitative estimate of drug-likeness (QED) is 0.851. The zero-order valence-corrected chi connectivity index (χ0v) is 14.2. The maximum absolute atomic E-state index is 12.0. The fourth-order valence-electron chi connectivity index (χ4n) is 2.10. The molecule has 126 valence electrons. The highest BCUT2D eigenvalue weighted by atomic mass is 16.5. The number of carbonyl (C=O) groups excluding carboxylic acids is 2. The van der Waals surface area contributed by atoms with Crippen LogP contribution in [0.2, 0.25) is 0 Å². The number of hydrogen-bond acceptors (Lipinski definition) is 3. The fraction of sp³-hybridized carbons (Fsp3) is 0.263. The zero-order chi connectivity index (χ0) is 17.5. The molecule has 0 aliphatic rings. The lowest BCUT2D eigenvalue weighted by atomic mass is 10.1. The van der Waals surface area contributed by atoms with E-state index in [9.17, 15) is 9.59 Å². The minimum Gasteiger partial charge on any atom is -0.484 e. The molecule has 0 radical (unpaired) electrons.